The highest BCUT2D eigenvalue weighted by atomic mass is 32.2. The zero-order valence-electron chi connectivity index (χ0n) is 17.4. The Morgan fingerprint density at radius 1 is 1.03 bits per heavy atom. The molecule has 3 aromatic carbocycles. The number of carbonyl (C=O) groups is 1. The lowest BCUT2D eigenvalue weighted by Gasteiger charge is -2.24. The molecule has 1 N–H and O–H groups in total. The molecule has 32 heavy (non-hydrogen) atoms. The summed E-state index contributed by atoms with van der Waals surface area (Å²) in [5.74, 6) is 1.15. The second-order valence-electron chi connectivity index (χ2n) is 7.88. The number of ether oxygens (including phenoxy) is 2. The standard InChI is InChI=1S/C24H22N2O5S/c1-16-11-19-13-18(24(27)25-14-17-7-10-22-23(12-17)31-15-30-22)8-9-21(19)26(16)32(28,29)20-5-3-2-4-6-20/h2-10,12-13,16H,11,14-15H2,1H3,(H,25,27)/t16-/m1/s1. The largest absolute Gasteiger partial charge is 0.454 e. The number of fused-ring (bicyclic) bond motifs is 2. The molecule has 0 aliphatic carbocycles. The van der Waals surface area contributed by atoms with Crippen LogP contribution in [0.1, 0.15) is 28.4 Å². The van der Waals surface area contributed by atoms with Crippen molar-refractivity contribution in [3.05, 3.63) is 83.4 Å². The zero-order chi connectivity index (χ0) is 22.3. The average molecular weight is 451 g/mol. The first-order chi connectivity index (χ1) is 15.4. The van der Waals surface area contributed by atoms with E-state index in [1.54, 1.807) is 48.5 Å². The number of hydrogen-bond donors (Lipinski definition) is 1. The van der Waals surface area contributed by atoms with Gasteiger partial charge >= 0.3 is 0 Å². The van der Waals surface area contributed by atoms with Gasteiger partial charge in [0.25, 0.3) is 15.9 Å². The lowest BCUT2D eigenvalue weighted by Crippen LogP contribution is -2.35. The Bertz CT molecular complexity index is 1290. The van der Waals surface area contributed by atoms with Crippen molar-refractivity contribution in [3.8, 4) is 11.5 Å². The van der Waals surface area contributed by atoms with E-state index in [1.165, 1.54) is 4.31 Å². The number of sulfonamides is 1. The molecule has 3 aromatic rings. The first-order valence-corrected chi connectivity index (χ1v) is 11.8. The van der Waals surface area contributed by atoms with Crippen LogP contribution in [0.25, 0.3) is 0 Å². The van der Waals surface area contributed by atoms with E-state index >= 15 is 0 Å². The predicted molar refractivity (Wildman–Crippen MR) is 119 cm³/mol. The summed E-state index contributed by atoms with van der Waals surface area (Å²) in [5, 5.41) is 2.91. The second-order valence-corrected chi connectivity index (χ2v) is 9.70. The SMILES string of the molecule is C[C@@H]1Cc2cc(C(=O)NCc3ccc4c(c3)OCO4)ccc2N1S(=O)(=O)c1ccccc1. The molecule has 0 saturated carbocycles. The van der Waals surface area contributed by atoms with Crippen LogP contribution in [-0.2, 0) is 23.0 Å². The van der Waals surface area contributed by atoms with E-state index < -0.39 is 10.0 Å². The maximum Gasteiger partial charge on any atom is 0.264 e. The van der Waals surface area contributed by atoms with Crippen molar-refractivity contribution in [3.63, 3.8) is 0 Å². The van der Waals surface area contributed by atoms with E-state index in [-0.39, 0.29) is 23.6 Å². The maximum absolute atomic E-state index is 13.2. The van der Waals surface area contributed by atoms with E-state index in [0.717, 1.165) is 11.1 Å². The smallest absolute Gasteiger partial charge is 0.264 e. The van der Waals surface area contributed by atoms with Gasteiger partial charge in [-0.25, -0.2) is 8.42 Å². The number of carbonyl (C=O) groups excluding carboxylic acids is 1. The number of benzene rings is 3. The highest BCUT2D eigenvalue weighted by Crippen LogP contribution is 2.37. The highest BCUT2D eigenvalue weighted by Gasteiger charge is 2.36. The van der Waals surface area contributed by atoms with Gasteiger partial charge in [0.15, 0.2) is 11.5 Å². The lowest BCUT2D eigenvalue weighted by atomic mass is 10.1. The van der Waals surface area contributed by atoms with Gasteiger partial charge in [-0.15, -0.1) is 0 Å². The molecule has 0 unspecified atom stereocenters. The third-order valence-corrected chi connectivity index (χ3v) is 7.63. The van der Waals surface area contributed by atoms with Gasteiger partial charge in [0.2, 0.25) is 6.79 Å². The predicted octanol–water partition coefficient (Wildman–Crippen LogP) is 3.49. The van der Waals surface area contributed by atoms with Gasteiger partial charge in [-0.05, 0) is 66.9 Å². The van der Waals surface area contributed by atoms with Crippen molar-refractivity contribution in [2.75, 3.05) is 11.1 Å². The van der Waals surface area contributed by atoms with Gasteiger partial charge in [-0.3, -0.25) is 9.10 Å². The molecule has 1 atom stereocenters. The molecule has 0 spiro atoms. The molecule has 7 nitrogen and oxygen atoms in total. The quantitative estimate of drug-likeness (QED) is 0.643. The van der Waals surface area contributed by atoms with Crippen LogP contribution in [0.3, 0.4) is 0 Å². The molecule has 8 heteroatoms. The van der Waals surface area contributed by atoms with E-state index in [2.05, 4.69) is 5.32 Å². The molecule has 0 radical (unpaired) electrons. The van der Waals surface area contributed by atoms with Crippen molar-refractivity contribution in [2.24, 2.45) is 0 Å². The van der Waals surface area contributed by atoms with Crippen LogP contribution >= 0.6 is 0 Å². The van der Waals surface area contributed by atoms with E-state index in [0.29, 0.717) is 35.7 Å². The number of anilines is 1. The molecular weight excluding hydrogens is 428 g/mol. The minimum atomic E-state index is -3.68. The number of hydrogen-bond acceptors (Lipinski definition) is 5. The van der Waals surface area contributed by atoms with Crippen LogP contribution < -0.4 is 19.1 Å². The summed E-state index contributed by atoms with van der Waals surface area (Å²) >= 11 is 0. The summed E-state index contributed by atoms with van der Waals surface area (Å²) in [6.07, 6.45) is 0.546. The summed E-state index contributed by atoms with van der Waals surface area (Å²) in [7, 11) is -3.68. The van der Waals surface area contributed by atoms with Crippen LogP contribution in [0, 0.1) is 0 Å². The number of amides is 1. The van der Waals surface area contributed by atoms with Crippen LogP contribution in [0.15, 0.2) is 71.6 Å². The molecule has 0 fully saturated rings. The first-order valence-electron chi connectivity index (χ1n) is 10.3. The summed E-state index contributed by atoms with van der Waals surface area (Å²) in [5.41, 5.74) is 2.86. The maximum atomic E-state index is 13.2. The summed E-state index contributed by atoms with van der Waals surface area (Å²) in [6.45, 7) is 2.42. The zero-order valence-corrected chi connectivity index (χ0v) is 18.3. The molecule has 164 valence electrons. The first kappa shape index (κ1) is 20.4. The third-order valence-electron chi connectivity index (χ3n) is 5.68. The molecule has 2 aliphatic heterocycles. The van der Waals surface area contributed by atoms with Gasteiger partial charge < -0.3 is 14.8 Å². The molecule has 0 aromatic heterocycles. The Labute approximate surface area is 186 Å². The van der Waals surface area contributed by atoms with Gasteiger partial charge in [0.1, 0.15) is 0 Å². The van der Waals surface area contributed by atoms with Gasteiger partial charge in [-0.1, -0.05) is 24.3 Å². The molecule has 2 aliphatic rings. The van der Waals surface area contributed by atoms with Gasteiger partial charge in [-0.2, -0.15) is 0 Å². The van der Waals surface area contributed by atoms with Crippen LogP contribution in [-0.4, -0.2) is 27.2 Å². The van der Waals surface area contributed by atoms with Crippen molar-refractivity contribution in [2.45, 2.75) is 30.8 Å². The van der Waals surface area contributed by atoms with Crippen molar-refractivity contribution in [1.82, 2.24) is 5.32 Å². The topological polar surface area (TPSA) is 84.9 Å². The molecular formula is C24H22N2O5S. The minimum Gasteiger partial charge on any atom is -0.454 e. The molecule has 0 saturated heterocycles. The summed E-state index contributed by atoms with van der Waals surface area (Å²) < 4.78 is 38.5. The van der Waals surface area contributed by atoms with Crippen molar-refractivity contribution < 1.29 is 22.7 Å². The average Bonchev–Trinajstić information content (AvgIpc) is 3.40. The second kappa shape index (κ2) is 7.87. The van der Waals surface area contributed by atoms with E-state index in [1.807, 2.05) is 25.1 Å². The molecule has 1 amide bonds. The fourth-order valence-electron chi connectivity index (χ4n) is 4.15. The monoisotopic (exact) mass is 450 g/mol. The van der Waals surface area contributed by atoms with Crippen LogP contribution in [0.5, 0.6) is 11.5 Å². The molecule has 2 heterocycles. The Balaban J connectivity index is 1.34. The third kappa shape index (κ3) is 3.56. The van der Waals surface area contributed by atoms with E-state index in [4.69, 9.17) is 9.47 Å². The van der Waals surface area contributed by atoms with Crippen LogP contribution in [0.4, 0.5) is 5.69 Å². The van der Waals surface area contributed by atoms with Crippen molar-refractivity contribution >= 4 is 21.6 Å². The van der Waals surface area contributed by atoms with Crippen LogP contribution in [0.2, 0.25) is 0 Å². The van der Waals surface area contributed by atoms with Gasteiger partial charge in [0.05, 0.1) is 10.6 Å². The van der Waals surface area contributed by atoms with E-state index in [9.17, 15) is 13.2 Å². The fraction of sp³-hybridized carbons (Fsp3) is 0.208. The summed E-state index contributed by atoms with van der Waals surface area (Å²) in [6, 6.07) is 18.9. The highest BCUT2D eigenvalue weighted by molar-refractivity contribution is 7.92. The Kier molecular flexibility index (Phi) is 5.01. The Hall–Kier alpha value is -3.52. The Morgan fingerprint density at radius 2 is 1.81 bits per heavy atom. The number of rotatable bonds is 5. The minimum absolute atomic E-state index is 0.204. The van der Waals surface area contributed by atoms with Gasteiger partial charge in [0, 0.05) is 18.2 Å². The lowest BCUT2D eigenvalue weighted by molar-refractivity contribution is 0.0950. The molecule has 5 rings (SSSR count). The number of nitrogens with zero attached hydrogens (tertiary/aromatic N) is 1. The normalized spacial score (nSPS) is 16.7. The molecule has 0 bridgehead atoms. The number of nitrogens with one attached hydrogen (secondary N) is 1. The fourth-order valence-corrected chi connectivity index (χ4v) is 5.87. The Morgan fingerprint density at radius 3 is 2.62 bits per heavy atom. The van der Waals surface area contributed by atoms with Crippen molar-refractivity contribution in [1.29, 1.82) is 0 Å². The summed E-state index contributed by atoms with van der Waals surface area (Å²) in [4.78, 5) is 13.0.